The minimum absolute atomic E-state index is 0.0993. The van der Waals surface area contributed by atoms with Crippen molar-refractivity contribution in [2.24, 2.45) is 4.99 Å². The van der Waals surface area contributed by atoms with E-state index in [1.807, 2.05) is 0 Å². The number of carbonyl (C=O) groups excluding carboxylic acids is 1. The number of hydrogen-bond donors (Lipinski definition) is 0. The van der Waals surface area contributed by atoms with Crippen LogP contribution in [0.1, 0.15) is 18.9 Å². The number of hydrogen-bond acceptors (Lipinski definition) is 4. The summed E-state index contributed by atoms with van der Waals surface area (Å²) in [5.74, 6) is -0.725. The molecule has 26 heavy (non-hydrogen) atoms. The lowest BCUT2D eigenvalue weighted by atomic mass is 10.1. The van der Waals surface area contributed by atoms with Gasteiger partial charge in [-0.2, -0.15) is 18.2 Å². The summed E-state index contributed by atoms with van der Waals surface area (Å²) in [6.45, 7) is 1.62. The van der Waals surface area contributed by atoms with Crippen molar-refractivity contribution in [2.45, 2.75) is 30.8 Å². The fraction of sp³-hybridized carbons (Fsp3) is 0.467. The van der Waals surface area contributed by atoms with Gasteiger partial charge in [0, 0.05) is 17.4 Å². The molecule has 0 N–H and O–H groups in total. The molecule has 1 amide bonds. The van der Waals surface area contributed by atoms with E-state index in [1.54, 1.807) is 6.92 Å². The minimum atomic E-state index is -4.66. The molecule has 2 saturated heterocycles. The third kappa shape index (κ3) is 3.72. The third-order valence-electron chi connectivity index (χ3n) is 4.12. The van der Waals surface area contributed by atoms with Crippen molar-refractivity contribution < 1.29 is 26.4 Å². The highest BCUT2D eigenvalue weighted by atomic mass is 35.5. The van der Waals surface area contributed by atoms with Crippen LogP contribution < -0.4 is 4.90 Å². The Morgan fingerprint density at radius 2 is 2.08 bits per heavy atom. The van der Waals surface area contributed by atoms with Gasteiger partial charge >= 0.3 is 6.18 Å². The highest BCUT2D eigenvalue weighted by Crippen LogP contribution is 2.43. The number of thioether (sulfide) groups is 1. The van der Waals surface area contributed by atoms with Gasteiger partial charge in [-0.1, -0.05) is 30.3 Å². The number of benzene rings is 1. The van der Waals surface area contributed by atoms with Gasteiger partial charge in [-0.15, -0.1) is 0 Å². The predicted octanol–water partition coefficient (Wildman–Crippen LogP) is 3.37. The predicted molar refractivity (Wildman–Crippen MR) is 95.5 cm³/mol. The summed E-state index contributed by atoms with van der Waals surface area (Å²) in [5.41, 5.74) is -0.909. The molecule has 1 aromatic carbocycles. The van der Waals surface area contributed by atoms with Gasteiger partial charge in [0.25, 0.3) is 0 Å². The fourth-order valence-electron chi connectivity index (χ4n) is 2.93. The van der Waals surface area contributed by atoms with Gasteiger partial charge in [0.15, 0.2) is 15.0 Å². The van der Waals surface area contributed by atoms with Gasteiger partial charge in [-0.25, -0.2) is 8.42 Å². The lowest BCUT2D eigenvalue weighted by Crippen LogP contribution is -2.37. The molecule has 2 heterocycles. The Bertz CT molecular complexity index is 887. The SMILES string of the molecule is CCC(=O)N=C1S[C@H]2CS(=O)(=O)C[C@H]2N1c1ccc(Cl)c(C(F)(F)F)c1. The molecule has 2 aliphatic heterocycles. The number of amidine groups is 1. The first kappa shape index (κ1) is 19.5. The van der Waals surface area contributed by atoms with Gasteiger partial charge in [-0.05, 0) is 18.2 Å². The standard InChI is InChI=1S/C15H14ClF3N2O3S2/c1-2-13(22)20-14-21(11-6-26(23,24)7-12(11)25-14)8-3-4-10(16)9(5-8)15(17,18)19/h3-5,11-12H,2,6-7H2,1H3/t11-,12+/m1/s1. The van der Waals surface area contributed by atoms with Crippen molar-refractivity contribution in [3.8, 4) is 0 Å². The monoisotopic (exact) mass is 426 g/mol. The highest BCUT2D eigenvalue weighted by molar-refractivity contribution is 8.16. The first-order chi connectivity index (χ1) is 12.0. The summed E-state index contributed by atoms with van der Waals surface area (Å²) in [4.78, 5) is 17.1. The van der Waals surface area contributed by atoms with E-state index in [1.165, 1.54) is 11.0 Å². The maximum Gasteiger partial charge on any atom is 0.417 e. The Balaban J connectivity index is 2.09. The fourth-order valence-corrected chi connectivity index (χ4v) is 7.09. The van der Waals surface area contributed by atoms with Crippen LogP contribution >= 0.6 is 23.4 Å². The summed E-state index contributed by atoms with van der Waals surface area (Å²) in [5, 5.41) is -0.613. The Labute approximate surface area is 157 Å². The van der Waals surface area contributed by atoms with E-state index in [0.29, 0.717) is 0 Å². The van der Waals surface area contributed by atoms with Gasteiger partial charge in [0.05, 0.1) is 28.1 Å². The number of amides is 1. The minimum Gasteiger partial charge on any atom is -0.316 e. The average molecular weight is 427 g/mol. The quantitative estimate of drug-likeness (QED) is 0.725. The first-order valence-corrected chi connectivity index (χ1v) is 10.7. The normalized spacial score (nSPS) is 26.3. The van der Waals surface area contributed by atoms with Gasteiger partial charge < -0.3 is 4.90 Å². The van der Waals surface area contributed by atoms with Crippen molar-refractivity contribution in [3.63, 3.8) is 0 Å². The summed E-state index contributed by atoms with van der Waals surface area (Å²) in [6.07, 6.45) is -4.52. The third-order valence-corrected chi connectivity index (χ3v) is 7.66. The van der Waals surface area contributed by atoms with Crippen LogP contribution in [0.25, 0.3) is 0 Å². The highest BCUT2D eigenvalue weighted by Gasteiger charge is 2.49. The Morgan fingerprint density at radius 1 is 1.38 bits per heavy atom. The van der Waals surface area contributed by atoms with E-state index in [2.05, 4.69) is 4.99 Å². The summed E-state index contributed by atoms with van der Waals surface area (Å²) < 4.78 is 63.4. The Kier molecular flexibility index (Phi) is 5.04. The zero-order valence-electron chi connectivity index (χ0n) is 13.5. The molecule has 0 saturated carbocycles. The molecule has 2 aliphatic rings. The second-order valence-electron chi connectivity index (χ2n) is 5.97. The number of halogens is 4. The second-order valence-corrected chi connectivity index (χ2v) is 9.74. The van der Waals surface area contributed by atoms with E-state index in [4.69, 9.17) is 11.6 Å². The van der Waals surface area contributed by atoms with Crippen molar-refractivity contribution in [3.05, 3.63) is 28.8 Å². The van der Waals surface area contributed by atoms with E-state index >= 15 is 0 Å². The number of nitrogens with zero attached hydrogens (tertiary/aromatic N) is 2. The zero-order valence-corrected chi connectivity index (χ0v) is 15.8. The molecule has 11 heteroatoms. The van der Waals surface area contributed by atoms with Crippen LogP contribution in [0.5, 0.6) is 0 Å². The van der Waals surface area contributed by atoms with E-state index < -0.39 is 38.5 Å². The molecule has 3 rings (SSSR count). The van der Waals surface area contributed by atoms with Crippen LogP contribution in [0.3, 0.4) is 0 Å². The van der Waals surface area contributed by atoms with Gasteiger partial charge in [0.2, 0.25) is 5.91 Å². The van der Waals surface area contributed by atoms with Crippen molar-refractivity contribution in [2.75, 3.05) is 16.4 Å². The first-order valence-electron chi connectivity index (χ1n) is 7.66. The Hall–Kier alpha value is -1.26. The number of rotatable bonds is 2. The molecular formula is C15H14ClF3N2O3S2. The van der Waals surface area contributed by atoms with Crippen molar-refractivity contribution >= 4 is 50.0 Å². The molecule has 1 aromatic rings. The van der Waals surface area contributed by atoms with E-state index in [-0.39, 0.29) is 34.0 Å². The maximum atomic E-state index is 13.2. The molecule has 0 spiro atoms. The smallest absolute Gasteiger partial charge is 0.316 e. The molecule has 0 aromatic heterocycles. The average Bonchev–Trinajstić information content (AvgIpc) is 2.97. The van der Waals surface area contributed by atoms with Crippen LogP contribution in [0.2, 0.25) is 5.02 Å². The van der Waals surface area contributed by atoms with Crippen LogP contribution in [0.15, 0.2) is 23.2 Å². The summed E-state index contributed by atoms with van der Waals surface area (Å²) in [7, 11) is -3.30. The molecule has 0 radical (unpaired) electrons. The summed E-state index contributed by atoms with van der Waals surface area (Å²) in [6, 6.07) is 2.77. The number of anilines is 1. The van der Waals surface area contributed by atoms with Gasteiger partial charge in [0.1, 0.15) is 0 Å². The largest absolute Gasteiger partial charge is 0.417 e. The molecule has 2 atom stereocenters. The van der Waals surface area contributed by atoms with Crippen molar-refractivity contribution in [1.82, 2.24) is 0 Å². The van der Waals surface area contributed by atoms with Crippen LogP contribution in [0.4, 0.5) is 18.9 Å². The number of fused-ring (bicyclic) bond motifs is 1. The van der Waals surface area contributed by atoms with Crippen LogP contribution in [-0.4, -0.2) is 42.3 Å². The molecule has 0 unspecified atom stereocenters. The zero-order chi connectivity index (χ0) is 19.3. The van der Waals surface area contributed by atoms with Crippen molar-refractivity contribution in [1.29, 1.82) is 0 Å². The number of alkyl halides is 3. The number of carbonyl (C=O) groups is 1. The number of sulfone groups is 1. The number of aliphatic imine (C=N–C) groups is 1. The summed E-state index contributed by atoms with van der Waals surface area (Å²) >= 11 is 6.77. The molecule has 5 nitrogen and oxygen atoms in total. The molecule has 0 aliphatic carbocycles. The molecule has 142 valence electrons. The second kappa shape index (κ2) is 6.72. The Morgan fingerprint density at radius 3 is 2.69 bits per heavy atom. The van der Waals surface area contributed by atoms with Crippen LogP contribution in [-0.2, 0) is 20.8 Å². The van der Waals surface area contributed by atoms with E-state index in [0.717, 1.165) is 23.9 Å². The van der Waals surface area contributed by atoms with Crippen LogP contribution in [0, 0.1) is 0 Å². The van der Waals surface area contributed by atoms with E-state index in [9.17, 15) is 26.4 Å². The maximum absolute atomic E-state index is 13.2. The molecule has 0 bridgehead atoms. The lowest BCUT2D eigenvalue weighted by molar-refractivity contribution is -0.137. The van der Waals surface area contributed by atoms with Gasteiger partial charge in [-0.3, -0.25) is 4.79 Å². The molecule has 2 fully saturated rings. The topological polar surface area (TPSA) is 66.8 Å². The lowest BCUT2D eigenvalue weighted by Gasteiger charge is -2.25. The molecular weight excluding hydrogens is 413 g/mol.